The number of rotatable bonds is 40. The molecule has 2 rings (SSSR count). The second kappa shape index (κ2) is 34.9. The molecule has 0 spiro atoms. The van der Waals surface area contributed by atoms with Gasteiger partial charge < -0.3 is 60.5 Å². The highest BCUT2D eigenvalue weighted by molar-refractivity contribution is 5.76. The average Bonchev–Trinajstić information content (AvgIpc) is 3.26. The summed E-state index contributed by atoms with van der Waals surface area (Å²) in [7, 11) is 0. The Morgan fingerprint density at radius 1 is 0.438 bits per heavy atom. The molecule has 0 saturated carbocycles. The van der Waals surface area contributed by atoms with Crippen LogP contribution in [0.2, 0.25) is 0 Å². The molecular formula is C45H64N6O22. The molecule has 73 heavy (non-hydrogen) atoms. The fourth-order valence-electron chi connectivity index (χ4n) is 7.06. The number of carboxylic acid groups (broad SMARTS) is 10. The van der Waals surface area contributed by atoms with Crippen LogP contribution in [0.25, 0.3) is 0 Å². The van der Waals surface area contributed by atoms with Crippen LogP contribution in [0.5, 0.6) is 5.75 Å². The molecule has 0 saturated heterocycles. The maximum absolute atomic E-state index is 11.9. The summed E-state index contributed by atoms with van der Waals surface area (Å²) in [6.45, 7) is -3.69. The van der Waals surface area contributed by atoms with E-state index in [9.17, 15) is 78.6 Å². The highest BCUT2D eigenvalue weighted by atomic mass is 16.5. The van der Waals surface area contributed by atoms with Crippen molar-refractivity contribution in [2.24, 2.45) is 0 Å². The molecule has 2 aromatic rings. The molecule has 0 radical (unpaired) electrons. The van der Waals surface area contributed by atoms with Gasteiger partial charge in [-0.3, -0.25) is 77.3 Å². The van der Waals surface area contributed by atoms with Gasteiger partial charge in [-0.2, -0.15) is 0 Å². The van der Waals surface area contributed by atoms with E-state index in [-0.39, 0.29) is 65.4 Å². The van der Waals surface area contributed by atoms with Gasteiger partial charge in [0.1, 0.15) is 11.8 Å². The highest BCUT2D eigenvalue weighted by Crippen LogP contribution is 2.17. The Hall–Kier alpha value is -7.34. The minimum absolute atomic E-state index is 0.0456. The van der Waals surface area contributed by atoms with Gasteiger partial charge in [0.2, 0.25) is 0 Å². The van der Waals surface area contributed by atoms with Crippen LogP contribution < -0.4 is 4.74 Å². The van der Waals surface area contributed by atoms with Crippen molar-refractivity contribution in [1.29, 1.82) is 0 Å². The van der Waals surface area contributed by atoms with Crippen LogP contribution in [0.4, 0.5) is 0 Å². The molecular weight excluding hydrogens is 977 g/mol. The second-order valence-corrected chi connectivity index (χ2v) is 16.1. The number of benzene rings is 2. The molecule has 0 fully saturated rings. The van der Waals surface area contributed by atoms with Crippen molar-refractivity contribution in [3.63, 3.8) is 0 Å². The monoisotopic (exact) mass is 1040 g/mol. The first-order valence-electron chi connectivity index (χ1n) is 22.3. The molecule has 0 aliphatic heterocycles. The first kappa shape index (κ1) is 63.7. The van der Waals surface area contributed by atoms with Crippen molar-refractivity contribution in [3.8, 4) is 5.75 Å². The van der Waals surface area contributed by atoms with E-state index in [0.29, 0.717) is 12.4 Å². The SMILES string of the molecule is CCOc1ccc(CC(CN(CCN(CC(=O)O)CC(=O)O)CC(=O)O)N(CC(=O)O)CC(=O)O)cc1.O=C(O)CN(CCN(CC(=O)O)CC(=O)O)CCN(CC(=O)O)C(COCc1ccccc1)C(=O)O. The standard InChI is InChI=1S/C23H33N3O11.C22H31N3O11/c1-2-37-18-5-3-16(4-6-18)9-17(26(14-22(33)34)15-23(35)36)10-24(11-19(27)28)7-8-25(12-20(29)30)13-21(31)32;26-18(27)10-23(6-7-24(11-19(28)29)12-20(30)31)8-9-25(13-21(32)33)17(22(34)35)15-36-14-16-4-2-1-3-5-16/h3-6,17H,2,7-15H2,1H3,(H,27,28)(H,29,30)(H,31,32)(H,33,34)(H,35,36);1-5,17H,6-15H2,(H,26,27)(H,28,29)(H,30,31)(H,32,33)(H,34,35). The maximum atomic E-state index is 11.9. The summed E-state index contributed by atoms with van der Waals surface area (Å²) in [5.74, 6) is -12.0. The summed E-state index contributed by atoms with van der Waals surface area (Å²) < 4.78 is 10.9. The van der Waals surface area contributed by atoms with Crippen molar-refractivity contribution in [2.75, 3.05) is 118 Å². The van der Waals surface area contributed by atoms with E-state index < -0.39 is 131 Å². The zero-order chi connectivity index (χ0) is 55.0. The fraction of sp³-hybridized carbons (Fsp3) is 0.511. The third-order valence-electron chi connectivity index (χ3n) is 10.1. The van der Waals surface area contributed by atoms with Crippen molar-refractivity contribution in [2.45, 2.75) is 32.0 Å². The van der Waals surface area contributed by atoms with Crippen molar-refractivity contribution >= 4 is 59.7 Å². The van der Waals surface area contributed by atoms with Crippen molar-refractivity contribution in [3.05, 3.63) is 65.7 Å². The summed E-state index contributed by atoms with van der Waals surface area (Å²) in [5.41, 5.74) is 1.52. The van der Waals surface area contributed by atoms with Gasteiger partial charge in [0.25, 0.3) is 0 Å². The second-order valence-electron chi connectivity index (χ2n) is 16.1. The minimum atomic E-state index is -1.33. The normalized spacial score (nSPS) is 12.0. The lowest BCUT2D eigenvalue weighted by Gasteiger charge is -2.34. The topological polar surface area (TPSA) is 411 Å². The van der Waals surface area contributed by atoms with E-state index >= 15 is 0 Å². The molecule has 0 aromatic heterocycles. The van der Waals surface area contributed by atoms with Gasteiger partial charge in [-0.15, -0.1) is 0 Å². The van der Waals surface area contributed by atoms with Crippen LogP contribution in [0.1, 0.15) is 18.1 Å². The number of hydrogen-bond acceptors (Lipinski definition) is 18. The minimum Gasteiger partial charge on any atom is -0.494 e. The molecule has 0 bridgehead atoms. The van der Waals surface area contributed by atoms with E-state index in [1.165, 1.54) is 14.7 Å². The zero-order valence-electron chi connectivity index (χ0n) is 40.0. The lowest BCUT2D eigenvalue weighted by atomic mass is 10.0. The molecule has 28 heteroatoms. The molecule has 28 nitrogen and oxygen atoms in total. The molecule has 2 aromatic carbocycles. The average molecular weight is 1040 g/mol. The fourth-order valence-corrected chi connectivity index (χ4v) is 7.06. The van der Waals surface area contributed by atoms with E-state index in [1.54, 1.807) is 48.5 Å². The first-order chi connectivity index (χ1) is 34.4. The van der Waals surface area contributed by atoms with Crippen molar-refractivity contribution < 1.29 is 108 Å². The third-order valence-corrected chi connectivity index (χ3v) is 10.1. The van der Waals surface area contributed by atoms with Gasteiger partial charge in [0, 0.05) is 51.9 Å². The first-order valence-corrected chi connectivity index (χ1v) is 22.3. The van der Waals surface area contributed by atoms with Gasteiger partial charge >= 0.3 is 59.7 Å². The van der Waals surface area contributed by atoms with E-state index in [2.05, 4.69) is 0 Å². The van der Waals surface area contributed by atoms with E-state index in [0.717, 1.165) is 25.8 Å². The Balaban J connectivity index is 0.000000730. The maximum Gasteiger partial charge on any atom is 0.323 e. The molecule has 2 unspecified atom stereocenters. The van der Waals surface area contributed by atoms with Gasteiger partial charge in [0.15, 0.2) is 0 Å². The van der Waals surface area contributed by atoms with Crippen molar-refractivity contribution in [1.82, 2.24) is 29.4 Å². The summed E-state index contributed by atoms with van der Waals surface area (Å²) in [4.78, 5) is 120. The number of carboxylic acids is 10. The summed E-state index contributed by atoms with van der Waals surface area (Å²) in [6.07, 6.45) is 0.178. The van der Waals surface area contributed by atoms with Gasteiger partial charge in [0.05, 0.1) is 78.7 Å². The number of hydrogen-bond donors (Lipinski definition) is 10. The molecule has 0 aliphatic carbocycles. The van der Waals surface area contributed by atoms with Crippen LogP contribution in [0, 0.1) is 0 Å². The smallest absolute Gasteiger partial charge is 0.323 e. The van der Waals surface area contributed by atoms with Gasteiger partial charge in [-0.05, 0) is 36.6 Å². The van der Waals surface area contributed by atoms with Gasteiger partial charge in [-0.1, -0.05) is 42.5 Å². The lowest BCUT2D eigenvalue weighted by molar-refractivity contribution is -0.150. The Morgan fingerprint density at radius 3 is 1.25 bits per heavy atom. The number of carbonyl (C=O) groups is 10. The zero-order valence-corrected chi connectivity index (χ0v) is 40.0. The summed E-state index contributed by atoms with van der Waals surface area (Å²) in [5, 5.41) is 92.2. The summed E-state index contributed by atoms with van der Waals surface area (Å²) in [6, 6.07) is 13.8. The summed E-state index contributed by atoms with van der Waals surface area (Å²) >= 11 is 0. The van der Waals surface area contributed by atoms with Crippen LogP contribution in [0.15, 0.2) is 54.6 Å². The van der Waals surface area contributed by atoms with Crippen LogP contribution in [0.3, 0.4) is 0 Å². The molecule has 2 atom stereocenters. The lowest BCUT2D eigenvalue weighted by Crippen LogP contribution is -2.51. The number of nitrogens with zero attached hydrogens (tertiary/aromatic N) is 6. The molecule has 0 heterocycles. The molecule has 0 amide bonds. The Labute approximate surface area is 418 Å². The number of ether oxygens (including phenoxy) is 2. The van der Waals surface area contributed by atoms with E-state index in [1.807, 2.05) is 13.0 Å². The Bertz CT molecular complexity index is 2050. The third kappa shape index (κ3) is 30.9. The highest BCUT2D eigenvalue weighted by Gasteiger charge is 2.30. The van der Waals surface area contributed by atoms with Crippen LogP contribution in [-0.2, 0) is 65.7 Å². The Kier molecular flexibility index (Phi) is 30.4. The largest absolute Gasteiger partial charge is 0.494 e. The predicted molar refractivity (Wildman–Crippen MR) is 250 cm³/mol. The molecule has 10 N–H and O–H groups in total. The van der Waals surface area contributed by atoms with E-state index in [4.69, 9.17) is 29.9 Å². The molecule has 406 valence electrons. The van der Waals surface area contributed by atoms with Crippen LogP contribution >= 0.6 is 0 Å². The number of aliphatic carboxylic acids is 10. The molecule has 0 aliphatic rings. The quantitative estimate of drug-likeness (QED) is 0.0353. The van der Waals surface area contributed by atoms with Crippen LogP contribution in [-0.4, -0.2) is 270 Å². The Morgan fingerprint density at radius 2 is 0.822 bits per heavy atom. The van der Waals surface area contributed by atoms with Gasteiger partial charge in [-0.25, -0.2) is 0 Å². The predicted octanol–water partition coefficient (Wildman–Crippen LogP) is -1.77.